The highest BCUT2D eigenvalue weighted by Crippen LogP contribution is 2.22. The highest BCUT2D eigenvalue weighted by atomic mass is 35.5. The first-order chi connectivity index (χ1) is 12.1. The van der Waals surface area contributed by atoms with Gasteiger partial charge in [0.2, 0.25) is 0 Å². The molecule has 2 aromatic heterocycles. The number of ether oxygens (including phenoxy) is 2. The Morgan fingerprint density at radius 2 is 1.96 bits per heavy atom. The summed E-state index contributed by atoms with van der Waals surface area (Å²) in [5.41, 5.74) is 1.33. The smallest absolute Gasteiger partial charge is 0.350 e. The number of esters is 1. The molecule has 1 aromatic carbocycles. The number of aryl methyl sites for hydroxylation is 1. The number of carbonyl (C=O) groups excluding carboxylic acids is 1. The standard InChI is InChI=1S/C18H15ClN2O3S/c1-12-17(18(22)24-10-14-4-2-3-9-20-14)25-16(21-12)11-23-15-7-5-13(19)6-8-15/h2-9H,10-11H2,1H3. The monoisotopic (exact) mass is 374 g/mol. The van der Waals surface area contributed by atoms with Gasteiger partial charge in [0.05, 0.1) is 11.4 Å². The molecular formula is C18H15ClN2O3S. The Hall–Kier alpha value is -2.44. The third-order valence-corrected chi connectivity index (χ3v) is 4.64. The van der Waals surface area contributed by atoms with Crippen LogP contribution in [0, 0.1) is 6.92 Å². The van der Waals surface area contributed by atoms with Crippen LogP contribution >= 0.6 is 22.9 Å². The van der Waals surface area contributed by atoms with Gasteiger partial charge in [-0.25, -0.2) is 9.78 Å². The van der Waals surface area contributed by atoms with Crippen LogP contribution in [-0.4, -0.2) is 15.9 Å². The van der Waals surface area contributed by atoms with Gasteiger partial charge in [-0.15, -0.1) is 11.3 Å². The van der Waals surface area contributed by atoms with Crippen LogP contribution in [0.1, 0.15) is 26.1 Å². The highest BCUT2D eigenvalue weighted by Gasteiger charge is 2.17. The topological polar surface area (TPSA) is 61.3 Å². The largest absolute Gasteiger partial charge is 0.486 e. The summed E-state index contributed by atoms with van der Waals surface area (Å²) in [6, 6.07) is 12.5. The molecule has 0 bridgehead atoms. The van der Waals surface area contributed by atoms with Gasteiger partial charge in [0.15, 0.2) is 0 Å². The lowest BCUT2D eigenvalue weighted by atomic mass is 10.3. The van der Waals surface area contributed by atoms with Crippen LogP contribution in [0.3, 0.4) is 0 Å². The van der Waals surface area contributed by atoms with Crippen molar-refractivity contribution in [3.63, 3.8) is 0 Å². The van der Waals surface area contributed by atoms with E-state index in [0.29, 0.717) is 32.0 Å². The van der Waals surface area contributed by atoms with Crippen molar-refractivity contribution in [2.75, 3.05) is 0 Å². The predicted molar refractivity (Wildman–Crippen MR) is 96.0 cm³/mol. The maximum Gasteiger partial charge on any atom is 0.350 e. The predicted octanol–water partition coefficient (Wildman–Crippen LogP) is 4.44. The number of thiazole rings is 1. The first kappa shape index (κ1) is 17.4. The molecule has 0 saturated heterocycles. The number of hydrogen-bond acceptors (Lipinski definition) is 6. The zero-order chi connectivity index (χ0) is 17.6. The molecule has 0 aliphatic heterocycles. The second-order valence-electron chi connectivity index (χ2n) is 5.16. The normalized spacial score (nSPS) is 10.5. The Kier molecular flexibility index (Phi) is 5.63. The lowest BCUT2D eigenvalue weighted by Crippen LogP contribution is -2.05. The Labute approximate surface area is 154 Å². The molecule has 2 heterocycles. The molecule has 25 heavy (non-hydrogen) atoms. The number of nitrogens with zero attached hydrogens (tertiary/aromatic N) is 2. The van der Waals surface area contributed by atoms with E-state index in [-0.39, 0.29) is 13.2 Å². The lowest BCUT2D eigenvalue weighted by Gasteiger charge is -2.03. The number of benzene rings is 1. The molecule has 0 unspecified atom stereocenters. The van der Waals surface area contributed by atoms with E-state index in [0.717, 1.165) is 0 Å². The van der Waals surface area contributed by atoms with Crippen LogP contribution in [0.2, 0.25) is 5.02 Å². The minimum atomic E-state index is -0.404. The van der Waals surface area contributed by atoms with Gasteiger partial charge in [-0.1, -0.05) is 17.7 Å². The molecule has 3 rings (SSSR count). The van der Waals surface area contributed by atoms with E-state index in [9.17, 15) is 4.79 Å². The average Bonchev–Trinajstić information content (AvgIpc) is 3.01. The number of carbonyl (C=O) groups is 1. The van der Waals surface area contributed by atoms with Gasteiger partial charge in [-0.2, -0.15) is 0 Å². The molecule has 0 aliphatic rings. The molecule has 0 saturated carbocycles. The van der Waals surface area contributed by atoms with Crippen LogP contribution in [0.4, 0.5) is 0 Å². The molecule has 5 nitrogen and oxygen atoms in total. The van der Waals surface area contributed by atoms with E-state index in [4.69, 9.17) is 21.1 Å². The molecule has 0 spiro atoms. The van der Waals surface area contributed by atoms with Crippen molar-refractivity contribution in [3.8, 4) is 5.75 Å². The molecule has 0 amide bonds. The summed E-state index contributed by atoms with van der Waals surface area (Å²) in [6.45, 7) is 2.19. The van der Waals surface area contributed by atoms with E-state index in [1.54, 1.807) is 43.5 Å². The summed E-state index contributed by atoms with van der Waals surface area (Å²) >= 11 is 7.11. The second-order valence-corrected chi connectivity index (χ2v) is 6.68. The number of pyridine rings is 1. The summed E-state index contributed by atoms with van der Waals surface area (Å²) in [7, 11) is 0. The van der Waals surface area contributed by atoms with Crippen molar-refractivity contribution < 1.29 is 14.3 Å². The number of aromatic nitrogens is 2. The van der Waals surface area contributed by atoms with E-state index in [2.05, 4.69) is 9.97 Å². The Balaban J connectivity index is 1.59. The zero-order valence-corrected chi connectivity index (χ0v) is 15.0. The van der Waals surface area contributed by atoms with E-state index in [1.165, 1.54) is 11.3 Å². The first-order valence-electron chi connectivity index (χ1n) is 7.53. The van der Waals surface area contributed by atoms with Crippen LogP contribution in [0.5, 0.6) is 5.75 Å². The van der Waals surface area contributed by atoms with Gasteiger partial charge >= 0.3 is 5.97 Å². The molecule has 0 aliphatic carbocycles. The van der Waals surface area contributed by atoms with Crippen molar-refractivity contribution in [3.05, 3.63) is 75.0 Å². The van der Waals surface area contributed by atoms with Crippen molar-refractivity contribution in [1.29, 1.82) is 0 Å². The minimum Gasteiger partial charge on any atom is -0.486 e. The van der Waals surface area contributed by atoms with Gasteiger partial charge in [-0.3, -0.25) is 4.98 Å². The average molecular weight is 375 g/mol. The Morgan fingerprint density at radius 3 is 2.68 bits per heavy atom. The van der Waals surface area contributed by atoms with Crippen molar-refractivity contribution in [2.45, 2.75) is 20.1 Å². The SMILES string of the molecule is Cc1nc(COc2ccc(Cl)cc2)sc1C(=O)OCc1ccccn1. The maximum absolute atomic E-state index is 12.2. The summed E-state index contributed by atoms with van der Waals surface area (Å²) in [4.78, 5) is 21.2. The van der Waals surface area contributed by atoms with Crippen LogP contribution in [-0.2, 0) is 18.0 Å². The van der Waals surface area contributed by atoms with Crippen LogP contribution in [0.25, 0.3) is 0 Å². The van der Waals surface area contributed by atoms with Crippen LogP contribution in [0.15, 0.2) is 48.7 Å². The van der Waals surface area contributed by atoms with Crippen molar-refractivity contribution >= 4 is 28.9 Å². The Bertz CT molecular complexity index is 851. The second kappa shape index (κ2) is 8.09. The fraction of sp³-hybridized carbons (Fsp3) is 0.167. The molecular weight excluding hydrogens is 360 g/mol. The van der Waals surface area contributed by atoms with Crippen LogP contribution < -0.4 is 4.74 Å². The third-order valence-electron chi connectivity index (χ3n) is 3.28. The van der Waals surface area contributed by atoms with Gasteiger partial charge in [0.25, 0.3) is 0 Å². The van der Waals surface area contributed by atoms with E-state index < -0.39 is 5.97 Å². The summed E-state index contributed by atoms with van der Waals surface area (Å²) in [5, 5.41) is 1.35. The van der Waals surface area contributed by atoms with E-state index >= 15 is 0 Å². The fourth-order valence-corrected chi connectivity index (χ4v) is 3.07. The quantitative estimate of drug-likeness (QED) is 0.597. The van der Waals surface area contributed by atoms with Gasteiger partial charge in [-0.05, 0) is 43.3 Å². The fourth-order valence-electron chi connectivity index (χ4n) is 2.07. The summed E-state index contributed by atoms with van der Waals surface area (Å²) in [5.74, 6) is 0.287. The molecule has 7 heteroatoms. The minimum absolute atomic E-state index is 0.133. The van der Waals surface area contributed by atoms with E-state index in [1.807, 2.05) is 12.1 Å². The molecule has 0 fully saturated rings. The lowest BCUT2D eigenvalue weighted by molar-refractivity contribution is 0.0472. The molecule has 128 valence electrons. The summed E-state index contributed by atoms with van der Waals surface area (Å²) < 4.78 is 10.9. The number of rotatable bonds is 6. The molecule has 0 atom stereocenters. The van der Waals surface area contributed by atoms with Gasteiger partial charge in [0.1, 0.15) is 28.8 Å². The third kappa shape index (κ3) is 4.78. The molecule has 3 aromatic rings. The van der Waals surface area contributed by atoms with Gasteiger partial charge < -0.3 is 9.47 Å². The highest BCUT2D eigenvalue weighted by molar-refractivity contribution is 7.13. The van der Waals surface area contributed by atoms with Gasteiger partial charge in [0, 0.05) is 11.2 Å². The maximum atomic E-state index is 12.2. The molecule has 0 N–H and O–H groups in total. The van der Waals surface area contributed by atoms with Crippen molar-refractivity contribution in [2.24, 2.45) is 0 Å². The number of halogens is 1. The number of hydrogen-bond donors (Lipinski definition) is 0. The zero-order valence-electron chi connectivity index (χ0n) is 13.4. The first-order valence-corrected chi connectivity index (χ1v) is 8.73. The molecule has 0 radical (unpaired) electrons. The Morgan fingerprint density at radius 1 is 1.16 bits per heavy atom. The van der Waals surface area contributed by atoms with Crippen molar-refractivity contribution in [1.82, 2.24) is 9.97 Å². The summed E-state index contributed by atoms with van der Waals surface area (Å²) in [6.07, 6.45) is 1.66.